The molecule has 0 spiro atoms. The van der Waals surface area contributed by atoms with Crippen molar-refractivity contribution in [3.05, 3.63) is 89.1 Å². The Morgan fingerprint density at radius 3 is 2.56 bits per heavy atom. The Morgan fingerprint density at radius 2 is 1.80 bits per heavy atom. The van der Waals surface area contributed by atoms with Gasteiger partial charge in [-0.15, -0.1) is 0 Å². The summed E-state index contributed by atoms with van der Waals surface area (Å²) in [5, 5.41) is 15.1. The minimum Gasteiger partial charge on any atom is -0.411 e. The molecule has 2 nitrogen and oxygen atoms in total. The lowest BCUT2D eigenvalue weighted by Crippen LogP contribution is -2.43. The lowest BCUT2D eigenvalue weighted by Gasteiger charge is -2.29. The quantitative estimate of drug-likeness (QED) is 0.362. The molecule has 0 saturated heterocycles. The molecule has 25 heavy (non-hydrogen) atoms. The van der Waals surface area contributed by atoms with Crippen molar-refractivity contribution in [3.63, 3.8) is 0 Å². The van der Waals surface area contributed by atoms with Crippen LogP contribution in [0.4, 0.5) is 0 Å². The highest BCUT2D eigenvalue weighted by atomic mass is 28.3. The summed E-state index contributed by atoms with van der Waals surface area (Å²) in [6, 6.07) is 19.0. The van der Waals surface area contributed by atoms with Gasteiger partial charge >= 0.3 is 0 Å². The first-order chi connectivity index (χ1) is 12.1. The van der Waals surface area contributed by atoms with E-state index in [-0.39, 0.29) is 0 Å². The summed E-state index contributed by atoms with van der Waals surface area (Å²) in [5.74, 6) is 0.490. The van der Waals surface area contributed by atoms with E-state index < -0.39 is 8.07 Å². The molecule has 3 heteroatoms. The summed E-state index contributed by atoms with van der Waals surface area (Å²) in [6.07, 6.45) is 10.7. The molecule has 128 valence electrons. The molecule has 3 rings (SSSR count). The van der Waals surface area contributed by atoms with Crippen molar-refractivity contribution in [2.45, 2.75) is 25.9 Å². The van der Waals surface area contributed by atoms with Gasteiger partial charge in [0.1, 0.15) is 8.07 Å². The minimum absolute atomic E-state index is 0.490. The zero-order chi connectivity index (χ0) is 17.7. The molecule has 2 aromatic rings. The number of benzene rings is 2. The molecular weight excluding hydrogens is 322 g/mol. The van der Waals surface area contributed by atoms with E-state index in [4.69, 9.17) is 5.21 Å². The molecule has 0 radical (unpaired) electrons. The van der Waals surface area contributed by atoms with Gasteiger partial charge in [-0.3, -0.25) is 0 Å². The molecule has 1 aliphatic rings. The van der Waals surface area contributed by atoms with Crippen LogP contribution in [0.2, 0.25) is 13.1 Å². The Balaban J connectivity index is 1.85. The van der Waals surface area contributed by atoms with Gasteiger partial charge in [-0.05, 0) is 29.9 Å². The summed E-state index contributed by atoms with van der Waals surface area (Å²) in [7, 11) is -1.66. The molecule has 1 aliphatic carbocycles. The van der Waals surface area contributed by atoms with Crippen LogP contribution in [0.15, 0.2) is 83.2 Å². The molecule has 0 saturated carbocycles. The normalized spacial score (nSPS) is 17.7. The highest BCUT2D eigenvalue weighted by molar-refractivity contribution is 6.96. The zero-order valence-electron chi connectivity index (χ0n) is 14.9. The van der Waals surface area contributed by atoms with Crippen molar-refractivity contribution in [1.29, 1.82) is 0 Å². The second-order valence-electron chi connectivity index (χ2n) is 7.16. The van der Waals surface area contributed by atoms with Crippen LogP contribution in [0, 0.1) is 5.92 Å². The maximum atomic E-state index is 8.88. The Kier molecular flexibility index (Phi) is 5.34. The van der Waals surface area contributed by atoms with Gasteiger partial charge in [-0.25, -0.2) is 0 Å². The van der Waals surface area contributed by atoms with E-state index >= 15 is 0 Å². The largest absolute Gasteiger partial charge is 0.411 e. The third kappa shape index (κ3) is 3.99. The van der Waals surface area contributed by atoms with E-state index in [1.54, 1.807) is 0 Å². The van der Waals surface area contributed by atoms with Gasteiger partial charge in [-0.1, -0.05) is 101 Å². The van der Waals surface area contributed by atoms with E-state index in [0.29, 0.717) is 5.92 Å². The van der Waals surface area contributed by atoms with Crippen molar-refractivity contribution < 1.29 is 5.21 Å². The minimum atomic E-state index is -1.66. The van der Waals surface area contributed by atoms with E-state index in [1.165, 1.54) is 22.2 Å². The van der Waals surface area contributed by atoms with E-state index in [0.717, 1.165) is 18.4 Å². The van der Waals surface area contributed by atoms with Crippen LogP contribution < -0.4 is 5.19 Å². The van der Waals surface area contributed by atoms with Gasteiger partial charge in [0.2, 0.25) is 0 Å². The topological polar surface area (TPSA) is 32.6 Å². The number of allylic oxidation sites excluding steroid dienone is 4. The van der Waals surface area contributed by atoms with Gasteiger partial charge in [0.05, 0.1) is 6.21 Å². The van der Waals surface area contributed by atoms with E-state index in [1.807, 2.05) is 12.1 Å². The number of hydrogen-bond donors (Lipinski definition) is 1. The number of oxime groups is 1. The molecule has 0 heterocycles. The first-order valence-corrected chi connectivity index (χ1v) is 11.8. The van der Waals surface area contributed by atoms with Crippen molar-refractivity contribution >= 4 is 19.5 Å². The lowest BCUT2D eigenvalue weighted by atomic mass is 9.91. The molecule has 0 aliphatic heterocycles. The number of nitrogens with zero attached hydrogens (tertiary/aromatic N) is 1. The lowest BCUT2D eigenvalue weighted by molar-refractivity contribution is 0.322. The van der Waals surface area contributed by atoms with Crippen molar-refractivity contribution in [2.75, 3.05) is 0 Å². The van der Waals surface area contributed by atoms with Crippen LogP contribution in [0.1, 0.15) is 17.5 Å². The molecule has 0 amide bonds. The van der Waals surface area contributed by atoms with Crippen LogP contribution in [0.25, 0.3) is 0 Å². The Hall–Kier alpha value is -2.39. The Morgan fingerprint density at radius 1 is 1.08 bits per heavy atom. The standard InChI is InChI=1S/C22H25NOSi/c1-25(2,21-12-4-3-5-13-21)22-14-8-9-18(16-22)15-19-10-6-7-11-20(19)17-23-24/h3-8,10-14,16-18,24H,9,15H2,1-2H3/b23-17-. The molecule has 0 bridgehead atoms. The molecule has 2 aromatic carbocycles. The van der Waals surface area contributed by atoms with Gasteiger partial charge < -0.3 is 5.21 Å². The fourth-order valence-electron chi connectivity index (χ4n) is 3.52. The van der Waals surface area contributed by atoms with Crippen LogP contribution in [0.5, 0.6) is 0 Å². The predicted octanol–water partition coefficient (Wildman–Crippen LogP) is 4.69. The van der Waals surface area contributed by atoms with Crippen molar-refractivity contribution in [2.24, 2.45) is 11.1 Å². The molecular formula is C22H25NOSi. The number of rotatable bonds is 5. The summed E-state index contributed by atoms with van der Waals surface area (Å²) in [4.78, 5) is 0. The zero-order valence-corrected chi connectivity index (χ0v) is 15.9. The fourth-order valence-corrected chi connectivity index (χ4v) is 6.06. The predicted molar refractivity (Wildman–Crippen MR) is 108 cm³/mol. The maximum Gasteiger partial charge on any atom is 0.111 e. The SMILES string of the molecule is C[Si](C)(C1=CC(Cc2ccccc2/C=N\O)CC=C1)c1ccccc1. The number of hydrogen-bond acceptors (Lipinski definition) is 2. The first-order valence-electron chi connectivity index (χ1n) is 8.81. The third-order valence-corrected chi connectivity index (χ3v) is 8.66. The second kappa shape index (κ2) is 7.66. The van der Waals surface area contributed by atoms with Crippen molar-refractivity contribution in [3.8, 4) is 0 Å². The van der Waals surface area contributed by atoms with Crippen LogP contribution >= 0.6 is 0 Å². The van der Waals surface area contributed by atoms with E-state index in [2.05, 4.69) is 78.9 Å². The summed E-state index contributed by atoms with van der Waals surface area (Å²) >= 11 is 0. The first kappa shape index (κ1) is 17.4. The average Bonchev–Trinajstić information content (AvgIpc) is 2.64. The second-order valence-corrected chi connectivity index (χ2v) is 11.6. The summed E-state index contributed by atoms with van der Waals surface area (Å²) in [5.41, 5.74) is 2.23. The highest BCUT2D eigenvalue weighted by Gasteiger charge is 2.28. The van der Waals surface area contributed by atoms with E-state index in [9.17, 15) is 0 Å². The smallest absolute Gasteiger partial charge is 0.111 e. The molecule has 1 N–H and O–H groups in total. The summed E-state index contributed by atoms with van der Waals surface area (Å²) < 4.78 is 0. The van der Waals surface area contributed by atoms with Gasteiger partial charge in [-0.2, -0.15) is 0 Å². The monoisotopic (exact) mass is 347 g/mol. The molecule has 0 aromatic heterocycles. The van der Waals surface area contributed by atoms with Gasteiger partial charge in [0.15, 0.2) is 0 Å². The van der Waals surface area contributed by atoms with Gasteiger partial charge in [0, 0.05) is 0 Å². The van der Waals surface area contributed by atoms with Crippen LogP contribution in [0.3, 0.4) is 0 Å². The fraction of sp³-hybridized carbons (Fsp3) is 0.227. The van der Waals surface area contributed by atoms with Crippen LogP contribution in [-0.4, -0.2) is 19.5 Å². The third-order valence-electron chi connectivity index (χ3n) is 5.10. The average molecular weight is 348 g/mol. The molecule has 1 unspecified atom stereocenters. The highest BCUT2D eigenvalue weighted by Crippen LogP contribution is 2.27. The molecule has 0 fully saturated rings. The maximum absolute atomic E-state index is 8.88. The summed E-state index contributed by atoms with van der Waals surface area (Å²) in [6.45, 7) is 4.85. The van der Waals surface area contributed by atoms with Crippen LogP contribution in [-0.2, 0) is 6.42 Å². The van der Waals surface area contributed by atoms with Gasteiger partial charge in [0.25, 0.3) is 0 Å². The van der Waals surface area contributed by atoms with Crippen molar-refractivity contribution in [1.82, 2.24) is 0 Å². The Bertz CT molecular complexity index is 806. The Labute approximate surface area is 151 Å². The molecule has 1 atom stereocenters.